The summed E-state index contributed by atoms with van der Waals surface area (Å²) in [4.78, 5) is 14.1. The molecule has 0 radical (unpaired) electrons. The van der Waals surface area contributed by atoms with E-state index in [-0.39, 0.29) is 24.3 Å². The van der Waals surface area contributed by atoms with E-state index in [0.29, 0.717) is 25.1 Å². The molecule has 1 unspecified atom stereocenters. The predicted molar refractivity (Wildman–Crippen MR) is 146 cm³/mol. The van der Waals surface area contributed by atoms with Gasteiger partial charge < -0.3 is 19.7 Å². The number of anilines is 2. The van der Waals surface area contributed by atoms with E-state index < -0.39 is 0 Å². The molecule has 0 aliphatic carbocycles. The van der Waals surface area contributed by atoms with Gasteiger partial charge in [0.15, 0.2) is 0 Å². The maximum atomic E-state index is 14.6. The van der Waals surface area contributed by atoms with Crippen LogP contribution in [-0.2, 0) is 33.7 Å². The van der Waals surface area contributed by atoms with E-state index in [4.69, 9.17) is 9.47 Å². The van der Waals surface area contributed by atoms with Crippen molar-refractivity contribution >= 4 is 17.3 Å². The first-order valence-electron chi connectivity index (χ1n) is 13.2. The number of methoxy groups -OCH3 is 1. The van der Waals surface area contributed by atoms with Crippen molar-refractivity contribution in [2.75, 3.05) is 37.0 Å². The van der Waals surface area contributed by atoms with Crippen LogP contribution >= 0.6 is 0 Å². The number of halogens is 1. The molecule has 0 spiro atoms. The van der Waals surface area contributed by atoms with Crippen LogP contribution in [0.15, 0.2) is 66.7 Å². The van der Waals surface area contributed by atoms with Gasteiger partial charge in [-0.2, -0.15) is 0 Å². The van der Waals surface area contributed by atoms with E-state index in [2.05, 4.69) is 52.7 Å². The first-order chi connectivity index (χ1) is 18.1. The zero-order valence-electron chi connectivity index (χ0n) is 21.8. The van der Waals surface area contributed by atoms with Crippen LogP contribution in [0.5, 0.6) is 0 Å². The predicted octanol–water partition coefficient (Wildman–Crippen LogP) is 6.46. The first kappa shape index (κ1) is 26.7. The summed E-state index contributed by atoms with van der Waals surface area (Å²) in [6, 6.07) is 22.0. The number of aryl methyl sites for hydroxylation is 1. The average Bonchev–Trinajstić information content (AvgIpc) is 2.92. The summed E-state index contributed by atoms with van der Waals surface area (Å²) < 4.78 is 25.4. The monoisotopic (exact) mass is 504 g/mol. The molecular weight excluding hydrogens is 467 g/mol. The van der Waals surface area contributed by atoms with Crippen LogP contribution in [0.25, 0.3) is 0 Å². The Morgan fingerprint density at radius 2 is 1.92 bits per heavy atom. The lowest BCUT2D eigenvalue weighted by atomic mass is 9.95. The second-order valence-corrected chi connectivity index (χ2v) is 9.39. The standard InChI is InChI=1S/C31H37FN2O3/c1-3-37-31(35)17-15-23-14-16-26(21-28(23)32)33-22-25-11-7-13-29-27(25)12-8-19-34(29)20-18-30(36-2)24-9-5-4-6-10-24/h4-7,9-11,13-14,16,21,30,33H,3,8,12,15,17-20,22H2,1-2H3. The molecule has 1 aliphatic rings. The molecule has 196 valence electrons. The molecular formula is C31H37FN2O3. The van der Waals surface area contributed by atoms with Crippen LogP contribution in [0.3, 0.4) is 0 Å². The fourth-order valence-electron chi connectivity index (χ4n) is 5.06. The number of fused-ring (bicyclic) bond motifs is 1. The molecule has 6 heteroatoms. The minimum absolute atomic E-state index is 0.0755. The third-order valence-corrected chi connectivity index (χ3v) is 7.00. The highest BCUT2D eigenvalue weighted by molar-refractivity contribution is 5.69. The zero-order valence-corrected chi connectivity index (χ0v) is 21.8. The Labute approximate surface area is 219 Å². The van der Waals surface area contributed by atoms with Crippen LogP contribution < -0.4 is 10.2 Å². The highest BCUT2D eigenvalue weighted by Crippen LogP contribution is 2.32. The summed E-state index contributed by atoms with van der Waals surface area (Å²) in [7, 11) is 1.78. The number of nitrogens with zero attached hydrogens (tertiary/aromatic N) is 1. The second kappa shape index (κ2) is 13.2. The van der Waals surface area contributed by atoms with Crippen molar-refractivity contribution in [2.45, 2.75) is 51.7 Å². The van der Waals surface area contributed by atoms with E-state index in [1.54, 1.807) is 20.1 Å². The molecule has 4 rings (SSSR count). The van der Waals surface area contributed by atoms with Crippen LogP contribution in [0.2, 0.25) is 0 Å². The van der Waals surface area contributed by atoms with Gasteiger partial charge in [-0.1, -0.05) is 48.5 Å². The largest absolute Gasteiger partial charge is 0.466 e. The summed E-state index contributed by atoms with van der Waals surface area (Å²) in [5.74, 6) is -0.605. The average molecular weight is 505 g/mol. The lowest BCUT2D eigenvalue weighted by molar-refractivity contribution is -0.143. The molecule has 1 heterocycles. The summed E-state index contributed by atoms with van der Waals surface area (Å²) in [5.41, 5.74) is 6.35. The summed E-state index contributed by atoms with van der Waals surface area (Å²) in [6.45, 7) is 4.70. The molecule has 1 atom stereocenters. The molecule has 0 amide bonds. The van der Waals surface area contributed by atoms with E-state index in [1.165, 1.54) is 28.4 Å². The quantitative estimate of drug-likeness (QED) is 0.287. The molecule has 0 saturated carbocycles. The lowest BCUT2D eigenvalue weighted by Crippen LogP contribution is -2.32. The van der Waals surface area contributed by atoms with E-state index in [1.807, 2.05) is 12.1 Å². The normalized spacial score (nSPS) is 13.6. The molecule has 0 aromatic heterocycles. The molecule has 0 saturated heterocycles. The fourth-order valence-corrected chi connectivity index (χ4v) is 5.06. The number of carbonyl (C=O) groups is 1. The molecule has 3 aromatic carbocycles. The first-order valence-corrected chi connectivity index (χ1v) is 13.2. The maximum absolute atomic E-state index is 14.6. The number of rotatable bonds is 12. The topological polar surface area (TPSA) is 50.8 Å². The van der Waals surface area contributed by atoms with Gasteiger partial charge in [0.25, 0.3) is 0 Å². The van der Waals surface area contributed by atoms with Gasteiger partial charge in [-0.25, -0.2) is 4.39 Å². The molecule has 0 fully saturated rings. The Morgan fingerprint density at radius 3 is 2.68 bits per heavy atom. The zero-order chi connectivity index (χ0) is 26.0. The van der Waals surface area contributed by atoms with Crippen molar-refractivity contribution in [3.05, 3.63) is 94.8 Å². The fraction of sp³-hybridized carbons (Fsp3) is 0.387. The molecule has 37 heavy (non-hydrogen) atoms. The van der Waals surface area contributed by atoms with Gasteiger partial charge >= 0.3 is 5.97 Å². The number of ether oxygens (including phenoxy) is 2. The van der Waals surface area contributed by atoms with Crippen molar-refractivity contribution in [2.24, 2.45) is 0 Å². The van der Waals surface area contributed by atoms with Gasteiger partial charge in [0.05, 0.1) is 12.7 Å². The van der Waals surface area contributed by atoms with Gasteiger partial charge in [-0.05, 0) is 73.1 Å². The Balaban J connectivity index is 1.38. The SMILES string of the molecule is CCOC(=O)CCc1ccc(NCc2cccc3c2CCCN3CCC(OC)c2ccccc2)cc1F. The van der Waals surface area contributed by atoms with E-state index >= 15 is 0 Å². The molecule has 3 aromatic rings. The Bertz CT molecular complexity index is 1170. The number of hydrogen-bond acceptors (Lipinski definition) is 5. The number of carbonyl (C=O) groups excluding carboxylic acids is 1. The van der Waals surface area contributed by atoms with Crippen molar-refractivity contribution in [3.8, 4) is 0 Å². The van der Waals surface area contributed by atoms with Crippen molar-refractivity contribution in [1.82, 2.24) is 0 Å². The number of nitrogens with one attached hydrogen (secondary N) is 1. The van der Waals surface area contributed by atoms with Gasteiger partial charge in [0, 0.05) is 44.5 Å². The van der Waals surface area contributed by atoms with Crippen molar-refractivity contribution < 1.29 is 18.7 Å². The van der Waals surface area contributed by atoms with E-state index in [0.717, 1.165) is 38.0 Å². The minimum atomic E-state index is -0.304. The number of hydrogen-bond donors (Lipinski definition) is 1. The highest BCUT2D eigenvalue weighted by Gasteiger charge is 2.21. The van der Waals surface area contributed by atoms with Crippen LogP contribution in [0, 0.1) is 5.82 Å². The summed E-state index contributed by atoms with van der Waals surface area (Å²) in [6.07, 6.45) is 3.66. The third kappa shape index (κ3) is 7.10. The van der Waals surface area contributed by atoms with Crippen molar-refractivity contribution in [3.63, 3.8) is 0 Å². The van der Waals surface area contributed by atoms with Crippen LogP contribution in [0.4, 0.5) is 15.8 Å². The van der Waals surface area contributed by atoms with Crippen molar-refractivity contribution in [1.29, 1.82) is 0 Å². The van der Waals surface area contributed by atoms with Crippen LogP contribution in [0.1, 0.15) is 54.5 Å². The molecule has 0 bridgehead atoms. The van der Waals surface area contributed by atoms with Gasteiger partial charge in [0.1, 0.15) is 5.82 Å². The molecule has 5 nitrogen and oxygen atoms in total. The smallest absolute Gasteiger partial charge is 0.306 e. The Kier molecular flexibility index (Phi) is 9.55. The Morgan fingerprint density at radius 1 is 1.08 bits per heavy atom. The Hall–Kier alpha value is -3.38. The lowest BCUT2D eigenvalue weighted by Gasteiger charge is -2.33. The maximum Gasteiger partial charge on any atom is 0.306 e. The minimum Gasteiger partial charge on any atom is -0.466 e. The highest BCUT2D eigenvalue weighted by atomic mass is 19.1. The summed E-state index contributed by atoms with van der Waals surface area (Å²) in [5, 5.41) is 3.39. The number of benzene rings is 3. The third-order valence-electron chi connectivity index (χ3n) is 7.00. The second-order valence-electron chi connectivity index (χ2n) is 9.39. The van der Waals surface area contributed by atoms with Gasteiger partial charge in [0.2, 0.25) is 0 Å². The van der Waals surface area contributed by atoms with E-state index in [9.17, 15) is 9.18 Å². The van der Waals surface area contributed by atoms with Gasteiger partial charge in [-0.15, -0.1) is 0 Å². The number of esters is 1. The van der Waals surface area contributed by atoms with Gasteiger partial charge in [-0.3, -0.25) is 4.79 Å². The summed E-state index contributed by atoms with van der Waals surface area (Å²) >= 11 is 0. The molecule has 1 N–H and O–H groups in total. The van der Waals surface area contributed by atoms with Crippen LogP contribution in [-0.4, -0.2) is 32.8 Å². The molecule has 1 aliphatic heterocycles.